The molecule has 0 fully saturated rings. The molecule has 1 amide bonds. The Balaban J connectivity index is 1.68. The largest absolute Gasteiger partial charge is 0.493 e. The van der Waals surface area contributed by atoms with E-state index >= 15 is 0 Å². The predicted octanol–water partition coefficient (Wildman–Crippen LogP) is 2.33. The first-order chi connectivity index (χ1) is 14.9. The second-order valence-electron chi connectivity index (χ2n) is 8.10. The van der Waals surface area contributed by atoms with Gasteiger partial charge in [-0.05, 0) is 48.9 Å². The summed E-state index contributed by atoms with van der Waals surface area (Å²) in [6.07, 6.45) is 2.82. The molecule has 2 N–H and O–H groups in total. The summed E-state index contributed by atoms with van der Waals surface area (Å²) in [7, 11) is 6.54. The molecule has 0 spiro atoms. The Hall–Kier alpha value is -2.58. The first kappa shape index (κ1) is 23.1. The Morgan fingerprint density at radius 1 is 1.19 bits per heavy atom. The molecule has 1 aromatic carbocycles. The van der Waals surface area contributed by atoms with E-state index < -0.39 is 0 Å². The quantitative estimate of drug-likeness (QED) is 0.608. The molecule has 31 heavy (non-hydrogen) atoms. The number of carbonyl (C=O) groups excluding carboxylic acids is 2. The third-order valence-corrected chi connectivity index (χ3v) is 6.74. The minimum absolute atomic E-state index is 0.130. The Morgan fingerprint density at radius 3 is 2.61 bits per heavy atom. The lowest BCUT2D eigenvalue weighted by Crippen LogP contribution is -3.08. The molecule has 2 aromatic rings. The summed E-state index contributed by atoms with van der Waals surface area (Å²) in [6, 6.07) is 5.75. The van der Waals surface area contributed by atoms with Crippen LogP contribution in [0.25, 0.3) is 0 Å². The van der Waals surface area contributed by atoms with Crippen LogP contribution in [0.3, 0.4) is 0 Å². The van der Waals surface area contributed by atoms with Crippen molar-refractivity contribution >= 4 is 28.2 Å². The van der Waals surface area contributed by atoms with Crippen LogP contribution in [0.15, 0.2) is 18.2 Å². The molecule has 7 nitrogen and oxygen atoms in total. The third-order valence-electron chi connectivity index (χ3n) is 5.57. The van der Waals surface area contributed by atoms with Crippen LogP contribution in [0.4, 0.5) is 5.00 Å². The zero-order chi connectivity index (χ0) is 22.5. The number of benzene rings is 1. The lowest BCUT2D eigenvalue weighted by molar-refractivity contribution is -0.885. The van der Waals surface area contributed by atoms with Gasteiger partial charge in [0.15, 0.2) is 18.0 Å². The van der Waals surface area contributed by atoms with Gasteiger partial charge in [-0.15, -0.1) is 11.3 Å². The van der Waals surface area contributed by atoms with E-state index in [9.17, 15) is 9.59 Å². The predicted molar refractivity (Wildman–Crippen MR) is 120 cm³/mol. The maximum Gasteiger partial charge on any atom is 0.341 e. The fraction of sp³-hybridized carbons (Fsp3) is 0.478. The molecule has 1 aromatic heterocycles. The van der Waals surface area contributed by atoms with Gasteiger partial charge in [-0.1, -0.05) is 6.92 Å². The monoisotopic (exact) mass is 447 g/mol. The molecule has 0 radical (unpaired) electrons. The van der Waals surface area contributed by atoms with Gasteiger partial charge >= 0.3 is 5.97 Å². The van der Waals surface area contributed by atoms with Crippen LogP contribution in [-0.2, 0) is 28.9 Å². The van der Waals surface area contributed by atoms with Gasteiger partial charge in [-0.3, -0.25) is 4.79 Å². The second-order valence-corrected chi connectivity index (χ2v) is 9.20. The number of amides is 1. The summed E-state index contributed by atoms with van der Waals surface area (Å²) in [5.74, 6) is 1.41. The molecule has 0 saturated carbocycles. The number of hydrogen-bond acceptors (Lipinski definition) is 6. The first-order valence-corrected chi connectivity index (χ1v) is 11.2. The van der Waals surface area contributed by atoms with Gasteiger partial charge in [0, 0.05) is 10.4 Å². The number of quaternary nitrogens is 1. The highest BCUT2D eigenvalue weighted by molar-refractivity contribution is 7.17. The van der Waals surface area contributed by atoms with Crippen molar-refractivity contribution in [3.8, 4) is 11.5 Å². The number of nitrogens with one attached hydrogen (secondary N) is 2. The lowest BCUT2D eigenvalue weighted by atomic mass is 9.88. The Morgan fingerprint density at radius 2 is 1.94 bits per heavy atom. The van der Waals surface area contributed by atoms with Gasteiger partial charge in [0.1, 0.15) is 11.5 Å². The lowest BCUT2D eigenvalue weighted by Gasteiger charge is -2.18. The van der Waals surface area contributed by atoms with Crippen LogP contribution in [0.2, 0.25) is 0 Å². The van der Waals surface area contributed by atoms with Gasteiger partial charge in [0.2, 0.25) is 0 Å². The van der Waals surface area contributed by atoms with Crippen molar-refractivity contribution in [2.45, 2.75) is 32.7 Å². The van der Waals surface area contributed by atoms with E-state index in [2.05, 4.69) is 12.2 Å². The van der Waals surface area contributed by atoms with E-state index in [1.165, 1.54) is 23.3 Å². The topological polar surface area (TPSA) is 78.3 Å². The average molecular weight is 448 g/mol. The molecule has 8 heteroatoms. The number of ether oxygens (including phenoxy) is 3. The number of methoxy groups -OCH3 is 3. The number of fused-ring (bicyclic) bond motifs is 1. The number of anilines is 1. The van der Waals surface area contributed by atoms with Crippen molar-refractivity contribution in [1.82, 2.24) is 0 Å². The summed E-state index contributed by atoms with van der Waals surface area (Å²) < 4.78 is 15.6. The average Bonchev–Trinajstić information content (AvgIpc) is 3.09. The van der Waals surface area contributed by atoms with Crippen molar-refractivity contribution in [2.75, 3.05) is 40.2 Å². The van der Waals surface area contributed by atoms with E-state index in [1.54, 1.807) is 14.2 Å². The van der Waals surface area contributed by atoms with Gasteiger partial charge in [0.05, 0.1) is 33.9 Å². The molecule has 3 rings (SSSR count). The third kappa shape index (κ3) is 5.37. The molecule has 0 aliphatic heterocycles. The molecular weight excluding hydrogens is 416 g/mol. The molecule has 1 aliphatic carbocycles. The maximum atomic E-state index is 12.8. The van der Waals surface area contributed by atoms with Crippen molar-refractivity contribution in [3.63, 3.8) is 0 Å². The molecule has 1 unspecified atom stereocenters. The molecule has 0 bridgehead atoms. The normalized spacial score (nSPS) is 16.2. The number of likely N-dealkylation sites (N-methyl/N-ethyl adjacent to an activating group) is 1. The van der Waals surface area contributed by atoms with E-state index in [-0.39, 0.29) is 18.4 Å². The number of esters is 1. The summed E-state index contributed by atoms with van der Waals surface area (Å²) in [6.45, 7) is 3.13. The highest BCUT2D eigenvalue weighted by Crippen LogP contribution is 2.40. The van der Waals surface area contributed by atoms with E-state index in [1.807, 2.05) is 25.2 Å². The van der Waals surface area contributed by atoms with Crippen LogP contribution >= 0.6 is 11.3 Å². The van der Waals surface area contributed by atoms with E-state index in [0.29, 0.717) is 34.5 Å². The standard InChI is InChI=1S/C23H30N2O5S/c1-14-6-8-16-19(10-14)31-22(21(16)23(27)30-5)24-20(26)13-25(2)12-15-7-9-17(28-3)18(11-15)29-4/h7,9,11,14H,6,8,10,12-13H2,1-5H3,(H,24,26)/p+1/t14-/m0/s1. The fourth-order valence-electron chi connectivity index (χ4n) is 4.00. The maximum absolute atomic E-state index is 12.8. The molecular formula is C23H31N2O5S+. The zero-order valence-electron chi connectivity index (χ0n) is 18.8. The Labute approximate surface area is 187 Å². The molecule has 168 valence electrons. The van der Waals surface area contributed by atoms with Gasteiger partial charge in [-0.2, -0.15) is 0 Å². The molecule has 2 atom stereocenters. The smallest absolute Gasteiger partial charge is 0.341 e. The van der Waals surface area contributed by atoms with Crippen molar-refractivity contribution in [2.24, 2.45) is 5.92 Å². The van der Waals surface area contributed by atoms with Crippen LogP contribution in [0.5, 0.6) is 11.5 Å². The van der Waals surface area contributed by atoms with Gasteiger partial charge in [-0.25, -0.2) is 4.79 Å². The summed E-state index contributed by atoms with van der Waals surface area (Å²) in [5.41, 5.74) is 2.61. The van der Waals surface area contributed by atoms with Crippen molar-refractivity contribution < 1.29 is 28.7 Å². The second kappa shape index (κ2) is 10.2. The minimum Gasteiger partial charge on any atom is -0.493 e. The van der Waals surface area contributed by atoms with Crippen LogP contribution in [0, 0.1) is 5.92 Å². The van der Waals surface area contributed by atoms with Gasteiger partial charge < -0.3 is 24.4 Å². The fourth-order valence-corrected chi connectivity index (χ4v) is 5.42. The van der Waals surface area contributed by atoms with Crippen LogP contribution < -0.4 is 19.7 Å². The molecule has 1 heterocycles. The highest BCUT2D eigenvalue weighted by Gasteiger charge is 2.29. The van der Waals surface area contributed by atoms with Crippen LogP contribution in [-0.4, -0.2) is 46.8 Å². The molecule has 0 saturated heterocycles. The van der Waals surface area contributed by atoms with Crippen LogP contribution in [0.1, 0.15) is 39.7 Å². The number of carbonyl (C=O) groups is 2. The SMILES string of the molecule is COC(=O)c1c(NC(=O)C[NH+](C)Cc2ccc(OC)c(OC)c2)sc2c1CC[C@H](C)C2. The summed E-state index contributed by atoms with van der Waals surface area (Å²) in [5, 5.41) is 3.57. The zero-order valence-corrected chi connectivity index (χ0v) is 19.6. The minimum atomic E-state index is -0.381. The van der Waals surface area contributed by atoms with E-state index in [4.69, 9.17) is 14.2 Å². The van der Waals surface area contributed by atoms with Crippen molar-refractivity contribution in [1.29, 1.82) is 0 Å². The number of hydrogen-bond donors (Lipinski definition) is 2. The van der Waals surface area contributed by atoms with Crippen molar-refractivity contribution in [3.05, 3.63) is 39.8 Å². The number of thiophene rings is 1. The number of rotatable bonds is 8. The summed E-state index contributed by atoms with van der Waals surface area (Å²) in [4.78, 5) is 27.4. The highest BCUT2D eigenvalue weighted by atomic mass is 32.1. The first-order valence-electron chi connectivity index (χ1n) is 10.4. The van der Waals surface area contributed by atoms with Gasteiger partial charge in [0.25, 0.3) is 5.91 Å². The Bertz CT molecular complexity index is 956. The summed E-state index contributed by atoms with van der Waals surface area (Å²) >= 11 is 1.51. The van der Waals surface area contributed by atoms with E-state index in [0.717, 1.165) is 35.3 Å². The molecule has 1 aliphatic rings. The Kier molecular flexibility index (Phi) is 7.56.